The van der Waals surface area contributed by atoms with Gasteiger partial charge in [-0.3, -0.25) is 14.4 Å². The van der Waals surface area contributed by atoms with E-state index in [-0.39, 0.29) is 40.2 Å². The number of carbonyl (C=O) groups is 3. The zero-order valence-electron chi connectivity index (χ0n) is 11.9. The van der Waals surface area contributed by atoms with Crippen LogP contribution in [0, 0.1) is 17.3 Å². The van der Waals surface area contributed by atoms with Crippen LogP contribution in [0.25, 0.3) is 0 Å². The van der Waals surface area contributed by atoms with Gasteiger partial charge in [-0.2, -0.15) is 0 Å². The third kappa shape index (κ3) is 1.63. The Labute approximate surface area is 123 Å². The lowest BCUT2D eigenvalue weighted by molar-refractivity contribution is -0.133. The lowest BCUT2D eigenvalue weighted by Crippen LogP contribution is -2.45. The maximum atomic E-state index is 13.0. The zero-order chi connectivity index (χ0) is 14.6. The molecule has 108 valence electrons. The molecule has 4 rings (SSSR count). The van der Waals surface area contributed by atoms with Crippen LogP contribution in [0.3, 0.4) is 0 Å². The largest absolute Gasteiger partial charge is 0.294 e. The number of hydrogen-bond acceptors (Lipinski definition) is 3. The van der Waals surface area contributed by atoms with E-state index in [0.717, 1.165) is 25.7 Å². The second kappa shape index (κ2) is 4.36. The highest BCUT2D eigenvalue weighted by molar-refractivity contribution is 6.32. The Morgan fingerprint density at radius 3 is 2.19 bits per heavy atom. The van der Waals surface area contributed by atoms with E-state index >= 15 is 0 Å². The number of ketones is 3. The van der Waals surface area contributed by atoms with E-state index in [9.17, 15) is 14.4 Å². The smallest absolute Gasteiger partial charge is 0.189 e. The standard InChI is InChI=1S/C18H18O3/c19-13-7-10-18(8-3-4-9-18)15-14(13)16(20)11-5-1-2-6-12(11)17(15)21/h1-2,7,10-12H,3-6,8-9H2. The van der Waals surface area contributed by atoms with Crippen LogP contribution in [0.1, 0.15) is 38.5 Å². The van der Waals surface area contributed by atoms with Gasteiger partial charge < -0.3 is 0 Å². The van der Waals surface area contributed by atoms with Crippen molar-refractivity contribution in [1.82, 2.24) is 0 Å². The molecule has 0 aromatic rings. The summed E-state index contributed by atoms with van der Waals surface area (Å²) in [5, 5.41) is 0. The molecule has 0 heterocycles. The molecule has 0 saturated heterocycles. The van der Waals surface area contributed by atoms with Gasteiger partial charge in [0.15, 0.2) is 17.3 Å². The van der Waals surface area contributed by atoms with Crippen LogP contribution in [0.4, 0.5) is 0 Å². The summed E-state index contributed by atoms with van der Waals surface area (Å²) in [5.74, 6) is -0.819. The predicted octanol–water partition coefficient (Wildman–Crippen LogP) is 2.72. The Morgan fingerprint density at radius 2 is 1.52 bits per heavy atom. The number of allylic oxidation sites excluding steroid dienone is 6. The fourth-order valence-corrected chi connectivity index (χ4v) is 4.57. The molecule has 0 aromatic heterocycles. The topological polar surface area (TPSA) is 51.2 Å². The van der Waals surface area contributed by atoms with Gasteiger partial charge in [-0.1, -0.05) is 31.1 Å². The minimum atomic E-state index is -0.331. The summed E-state index contributed by atoms with van der Waals surface area (Å²) < 4.78 is 0. The minimum Gasteiger partial charge on any atom is -0.294 e. The molecule has 1 saturated carbocycles. The normalized spacial score (nSPS) is 33.6. The summed E-state index contributed by atoms with van der Waals surface area (Å²) in [7, 11) is 0. The molecule has 0 amide bonds. The molecule has 2 atom stereocenters. The molecule has 0 aromatic carbocycles. The summed E-state index contributed by atoms with van der Waals surface area (Å²) in [6.45, 7) is 0. The molecular formula is C18H18O3. The molecule has 21 heavy (non-hydrogen) atoms. The maximum Gasteiger partial charge on any atom is 0.189 e. The van der Waals surface area contributed by atoms with Crippen LogP contribution in [-0.2, 0) is 14.4 Å². The van der Waals surface area contributed by atoms with Gasteiger partial charge in [-0.25, -0.2) is 0 Å². The molecule has 0 radical (unpaired) electrons. The number of hydrogen-bond donors (Lipinski definition) is 0. The summed E-state index contributed by atoms with van der Waals surface area (Å²) in [4.78, 5) is 38.1. The Bertz CT molecular complexity index is 641. The second-order valence-corrected chi connectivity index (χ2v) is 6.70. The molecular weight excluding hydrogens is 264 g/mol. The molecule has 0 aliphatic heterocycles. The van der Waals surface area contributed by atoms with Crippen LogP contribution < -0.4 is 0 Å². The van der Waals surface area contributed by atoms with Gasteiger partial charge in [0.1, 0.15) is 0 Å². The van der Waals surface area contributed by atoms with Crippen LogP contribution in [0.5, 0.6) is 0 Å². The van der Waals surface area contributed by atoms with Crippen LogP contribution in [0.15, 0.2) is 35.5 Å². The van der Waals surface area contributed by atoms with Crippen molar-refractivity contribution < 1.29 is 14.4 Å². The van der Waals surface area contributed by atoms with Gasteiger partial charge in [-0.05, 0) is 31.8 Å². The monoisotopic (exact) mass is 282 g/mol. The molecule has 4 aliphatic carbocycles. The Kier molecular flexibility index (Phi) is 2.69. The van der Waals surface area contributed by atoms with Crippen molar-refractivity contribution in [3.8, 4) is 0 Å². The van der Waals surface area contributed by atoms with Gasteiger partial charge >= 0.3 is 0 Å². The predicted molar refractivity (Wildman–Crippen MR) is 77.4 cm³/mol. The van der Waals surface area contributed by atoms with E-state index in [1.165, 1.54) is 6.08 Å². The average Bonchev–Trinajstić information content (AvgIpc) is 2.97. The van der Waals surface area contributed by atoms with E-state index in [4.69, 9.17) is 0 Å². The summed E-state index contributed by atoms with van der Waals surface area (Å²) >= 11 is 0. The van der Waals surface area contributed by atoms with E-state index < -0.39 is 0 Å². The van der Waals surface area contributed by atoms with Crippen molar-refractivity contribution in [3.05, 3.63) is 35.5 Å². The molecule has 1 fully saturated rings. The van der Waals surface area contributed by atoms with Crippen molar-refractivity contribution in [2.24, 2.45) is 17.3 Å². The van der Waals surface area contributed by atoms with Gasteiger partial charge in [0.25, 0.3) is 0 Å². The quantitative estimate of drug-likeness (QED) is 0.507. The van der Waals surface area contributed by atoms with Crippen molar-refractivity contribution in [2.75, 3.05) is 0 Å². The first-order chi connectivity index (χ1) is 10.1. The number of rotatable bonds is 0. The van der Waals surface area contributed by atoms with Gasteiger partial charge in [0, 0.05) is 22.8 Å². The van der Waals surface area contributed by atoms with E-state index in [1.807, 2.05) is 18.2 Å². The first-order valence-electron chi connectivity index (χ1n) is 7.86. The van der Waals surface area contributed by atoms with Crippen molar-refractivity contribution in [2.45, 2.75) is 38.5 Å². The average molecular weight is 282 g/mol. The molecule has 4 aliphatic rings. The minimum absolute atomic E-state index is 0.0681. The van der Waals surface area contributed by atoms with Crippen LogP contribution >= 0.6 is 0 Å². The molecule has 1 spiro atoms. The van der Waals surface area contributed by atoms with Crippen molar-refractivity contribution in [3.63, 3.8) is 0 Å². The van der Waals surface area contributed by atoms with Crippen molar-refractivity contribution >= 4 is 17.3 Å². The molecule has 2 unspecified atom stereocenters. The zero-order valence-corrected chi connectivity index (χ0v) is 11.9. The molecule has 0 bridgehead atoms. The number of Topliss-reactive ketones (excluding diaryl/α,β-unsaturated/α-hetero) is 2. The van der Waals surface area contributed by atoms with E-state index in [1.54, 1.807) is 0 Å². The highest BCUT2D eigenvalue weighted by atomic mass is 16.2. The third-order valence-electron chi connectivity index (χ3n) is 5.64. The van der Waals surface area contributed by atoms with Gasteiger partial charge in [0.2, 0.25) is 0 Å². The third-order valence-corrected chi connectivity index (χ3v) is 5.64. The molecule has 3 heteroatoms. The molecule has 0 N–H and O–H groups in total. The van der Waals surface area contributed by atoms with Crippen LogP contribution in [0.2, 0.25) is 0 Å². The van der Waals surface area contributed by atoms with Crippen LogP contribution in [-0.4, -0.2) is 17.3 Å². The maximum absolute atomic E-state index is 13.0. The summed E-state index contributed by atoms with van der Waals surface area (Å²) in [5.41, 5.74) is 0.456. The SMILES string of the molecule is O=C1C=CC2(CCCC2)C2=C1C(=O)C1CC=CCC1C2=O. The first kappa shape index (κ1) is 12.9. The lowest BCUT2D eigenvalue weighted by Gasteiger charge is -2.40. The summed E-state index contributed by atoms with van der Waals surface area (Å²) in [6, 6.07) is 0. The lowest BCUT2D eigenvalue weighted by atomic mass is 9.60. The van der Waals surface area contributed by atoms with Gasteiger partial charge in [-0.15, -0.1) is 0 Å². The Hall–Kier alpha value is -1.77. The molecule has 3 nitrogen and oxygen atoms in total. The number of carbonyl (C=O) groups excluding carboxylic acids is 3. The number of fused-ring (bicyclic) bond motifs is 2. The first-order valence-corrected chi connectivity index (χ1v) is 7.86. The van der Waals surface area contributed by atoms with E-state index in [2.05, 4.69) is 0 Å². The summed E-state index contributed by atoms with van der Waals surface area (Å²) in [6.07, 6.45) is 12.5. The fourth-order valence-electron chi connectivity index (χ4n) is 4.57. The highest BCUT2D eigenvalue weighted by Gasteiger charge is 2.52. The Balaban J connectivity index is 1.90. The van der Waals surface area contributed by atoms with E-state index in [0.29, 0.717) is 18.4 Å². The fraction of sp³-hybridized carbons (Fsp3) is 0.500. The second-order valence-electron chi connectivity index (χ2n) is 6.70. The van der Waals surface area contributed by atoms with Gasteiger partial charge in [0.05, 0.1) is 5.57 Å². The van der Waals surface area contributed by atoms with Crippen molar-refractivity contribution in [1.29, 1.82) is 0 Å². The highest BCUT2D eigenvalue weighted by Crippen LogP contribution is 2.53. The Morgan fingerprint density at radius 1 is 0.905 bits per heavy atom.